The molecule has 0 fully saturated rings. The van der Waals surface area contributed by atoms with Crippen LogP contribution in [0.3, 0.4) is 0 Å². The number of hydrazine groups is 1. The van der Waals surface area contributed by atoms with Gasteiger partial charge in [-0.15, -0.1) is 0 Å². The monoisotopic (exact) mass is 195 g/mol. The highest BCUT2D eigenvalue weighted by Crippen LogP contribution is 2.04. The van der Waals surface area contributed by atoms with Gasteiger partial charge in [0.1, 0.15) is 0 Å². The van der Waals surface area contributed by atoms with E-state index in [2.05, 4.69) is 0 Å². The van der Waals surface area contributed by atoms with Gasteiger partial charge in [0.15, 0.2) is 0 Å². The number of nitrogens with zero attached hydrogens (tertiary/aromatic N) is 1. The second-order valence-corrected chi connectivity index (χ2v) is 2.95. The number of halogens is 2. The summed E-state index contributed by atoms with van der Waals surface area (Å²) in [6.45, 7) is 1.36. The van der Waals surface area contributed by atoms with Gasteiger partial charge in [0.25, 0.3) is 6.43 Å². The summed E-state index contributed by atoms with van der Waals surface area (Å²) in [5.74, 6) is 4.50. The van der Waals surface area contributed by atoms with Gasteiger partial charge < -0.3 is 0 Å². The number of alkyl halides is 2. The molecule has 1 unspecified atom stereocenters. The van der Waals surface area contributed by atoms with E-state index in [9.17, 15) is 13.6 Å². The molecule has 0 aromatic carbocycles. The van der Waals surface area contributed by atoms with Crippen molar-refractivity contribution in [1.29, 1.82) is 0 Å². The van der Waals surface area contributed by atoms with E-state index in [0.29, 0.717) is 0 Å². The maximum atomic E-state index is 11.9. The summed E-state index contributed by atoms with van der Waals surface area (Å²) >= 11 is 0. The maximum absolute atomic E-state index is 11.9. The second-order valence-electron chi connectivity index (χ2n) is 2.95. The molecule has 1 atom stereocenters. The molecule has 3 N–H and O–H groups in total. The van der Waals surface area contributed by atoms with Crippen LogP contribution in [-0.4, -0.2) is 36.9 Å². The molecule has 0 aliphatic heterocycles. The molecule has 0 aliphatic carbocycles. The van der Waals surface area contributed by atoms with Crippen molar-refractivity contribution in [3.63, 3.8) is 0 Å². The Bertz CT molecular complexity index is 166. The Morgan fingerprint density at radius 3 is 2.54 bits per heavy atom. The Hall–Kier alpha value is -0.750. The number of carbonyl (C=O) groups excluding carboxylic acids is 1. The number of rotatable bonds is 5. The smallest absolute Gasteiger partial charge is 0.251 e. The van der Waals surface area contributed by atoms with Gasteiger partial charge in [0.05, 0.1) is 6.54 Å². The lowest BCUT2D eigenvalue weighted by molar-refractivity contribution is -0.122. The zero-order chi connectivity index (χ0) is 10.4. The maximum Gasteiger partial charge on any atom is 0.251 e. The fourth-order valence-electron chi connectivity index (χ4n) is 0.881. The quantitative estimate of drug-likeness (QED) is 0.367. The molecule has 78 valence electrons. The summed E-state index contributed by atoms with van der Waals surface area (Å²) in [7, 11) is 1.54. The highest BCUT2D eigenvalue weighted by atomic mass is 19.3. The van der Waals surface area contributed by atoms with Gasteiger partial charge in [0, 0.05) is 12.5 Å². The Morgan fingerprint density at radius 1 is 1.62 bits per heavy atom. The molecule has 13 heavy (non-hydrogen) atoms. The SMILES string of the molecule is CC(CC(=O)NN)N(C)CC(F)F. The van der Waals surface area contributed by atoms with Gasteiger partial charge in [-0.25, -0.2) is 14.6 Å². The Balaban J connectivity index is 3.81. The van der Waals surface area contributed by atoms with Gasteiger partial charge >= 0.3 is 0 Å². The first-order valence-corrected chi connectivity index (χ1v) is 3.95. The minimum absolute atomic E-state index is 0.125. The Labute approximate surface area is 76.0 Å². The van der Waals surface area contributed by atoms with E-state index >= 15 is 0 Å². The lowest BCUT2D eigenvalue weighted by atomic mass is 10.2. The zero-order valence-electron chi connectivity index (χ0n) is 7.76. The fraction of sp³-hybridized carbons (Fsp3) is 0.857. The van der Waals surface area contributed by atoms with Crippen LogP contribution in [0.2, 0.25) is 0 Å². The van der Waals surface area contributed by atoms with Gasteiger partial charge in [-0.3, -0.25) is 15.1 Å². The summed E-state index contributed by atoms with van der Waals surface area (Å²) in [6.07, 6.45) is -2.26. The van der Waals surface area contributed by atoms with Crippen LogP contribution in [0.4, 0.5) is 8.78 Å². The van der Waals surface area contributed by atoms with Crippen molar-refractivity contribution < 1.29 is 13.6 Å². The van der Waals surface area contributed by atoms with E-state index < -0.39 is 6.43 Å². The molecular weight excluding hydrogens is 180 g/mol. The van der Waals surface area contributed by atoms with Crippen molar-refractivity contribution in [2.75, 3.05) is 13.6 Å². The molecule has 0 saturated heterocycles. The number of nitrogens with two attached hydrogens (primary N) is 1. The minimum atomic E-state index is -2.38. The lowest BCUT2D eigenvalue weighted by Crippen LogP contribution is -2.39. The van der Waals surface area contributed by atoms with Gasteiger partial charge in [0.2, 0.25) is 5.91 Å². The third-order valence-electron chi connectivity index (χ3n) is 1.82. The van der Waals surface area contributed by atoms with Crippen LogP contribution in [-0.2, 0) is 4.79 Å². The molecule has 0 heterocycles. The highest BCUT2D eigenvalue weighted by molar-refractivity contribution is 5.75. The standard InChI is InChI=1S/C7H15F2N3O/c1-5(3-7(13)11-10)12(2)4-6(8)9/h5-6H,3-4,10H2,1-2H3,(H,11,13). The first-order valence-electron chi connectivity index (χ1n) is 3.95. The number of hydrogen-bond acceptors (Lipinski definition) is 3. The van der Waals surface area contributed by atoms with E-state index in [0.717, 1.165) is 0 Å². The van der Waals surface area contributed by atoms with Crippen molar-refractivity contribution in [2.24, 2.45) is 5.84 Å². The number of amides is 1. The largest absolute Gasteiger partial charge is 0.298 e. The normalized spacial score (nSPS) is 13.5. The van der Waals surface area contributed by atoms with Crippen LogP contribution in [0, 0.1) is 0 Å². The van der Waals surface area contributed by atoms with E-state index in [-0.39, 0.29) is 24.9 Å². The van der Waals surface area contributed by atoms with Crippen LogP contribution < -0.4 is 11.3 Å². The van der Waals surface area contributed by atoms with E-state index in [1.54, 1.807) is 14.0 Å². The predicted molar refractivity (Wildman–Crippen MR) is 45.0 cm³/mol. The third-order valence-corrected chi connectivity index (χ3v) is 1.82. The molecule has 6 heteroatoms. The predicted octanol–water partition coefficient (Wildman–Crippen LogP) is -0.0482. The second kappa shape index (κ2) is 5.82. The molecule has 4 nitrogen and oxygen atoms in total. The fourth-order valence-corrected chi connectivity index (χ4v) is 0.881. The molecule has 0 radical (unpaired) electrons. The van der Waals surface area contributed by atoms with Crippen LogP contribution >= 0.6 is 0 Å². The summed E-state index contributed by atoms with van der Waals surface area (Å²) in [5, 5.41) is 0. The third kappa shape index (κ3) is 5.48. The molecule has 0 bridgehead atoms. The lowest BCUT2D eigenvalue weighted by Gasteiger charge is -2.23. The van der Waals surface area contributed by atoms with Crippen molar-refractivity contribution >= 4 is 5.91 Å². The Kier molecular flexibility index (Phi) is 5.48. The average molecular weight is 195 g/mol. The summed E-state index contributed by atoms with van der Waals surface area (Å²) < 4.78 is 23.8. The van der Waals surface area contributed by atoms with Crippen molar-refractivity contribution in [3.05, 3.63) is 0 Å². The number of carbonyl (C=O) groups is 1. The van der Waals surface area contributed by atoms with E-state index in [4.69, 9.17) is 5.84 Å². The van der Waals surface area contributed by atoms with E-state index in [1.807, 2.05) is 5.43 Å². The Morgan fingerprint density at radius 2 is 2.15 bits per heavy atom. The first-order chi connectivity index (χ1) is 5.97. The van der Waals surface area contributed by atoms with Crippen molar-refractivity contribution in [1.82, 2.24) is 10.3 Å². The first kappa shape index (κ1) is 12.2. The van der Waals surface area contributed by atoms with Gasteiger partial charge in [-0.1, -0.05) is 0 Å². The molecule has 1 amide bonds. The van der Waals surface area contributed by atoms with Crippen LogP contribution in [0.1, 0.15) is 13.3 Å². The molecule has 0 spiro atoms. The van der Waals surface area contributed by atoms with Crippen LogP contribution in [0.15, 0.2) is 0 Å². The topological polar surface area (TPSA) is 58.4 Å². The summed E-state index contributed by atoms with van der Waals surface area (Å²) in [6, 6.07) is -0.238. The van der Waals surface area contributed by atoms with E-state index in [1.165, 1.54) is 4.90 Å². The minimum Gasteiger partial charge on any atom is -0.298 e. The molecule has 0 saturated carbocycles. The molecule has 0 rings (SSSR count). The molecule has 0 aliphatic rings. The highest BCUT2D eigenvalue weighted by Gasteiger charge is 2.16. The number of hydrogen-bond donors (Lipinski definition) is 2. The average Bonchev–Trinajstić information content (AvgIpc) is 2.02. The van der Waals surface area contributed by atoms with Crippen molar-refractivity contribution in [3.8, 4) is 0 Å². The van der Waals surface area contributed by atoms with Gasteiger partial charge in [-0.05, 0) is 14.0 Å². The molecule has 0 aromatic rings. The zero-order valence-corrected chi connectivity index (χ0v) is 7.76. The molecule has 0 aromatic heterocycles. The summed E-state index contributed by atoms with van der Waals surface area (Å²) in [5.41, 5.74) is 1.95. The number of nitrogens with one attached hydrogen (secondary N) is 1. The van der Waals surface area contributed by atoms with Gasteiger partial charge in [-0.2, -0.15) is 0 Å². The van der Waals surface area contributed by atoms with Crippen molar-refractivity contribution in [2.45, 2.75) is 25.8 Å². The van der Waals surface area contributed by atoms with Crippen LogP contribution in [0.25, 0.3) is 0 Å². The van der Waals surface area contributed by atoms with Crippen LogP contribution in [0.5, 0.6) is 0 Å². The molecular formula is C7H15F2N3O. The summed E-state index contributed by atoms with van der Waals surface area (Å²) in [4.78, 5) is 12.2.